The highest BCUT2D eigenvalue weighted by Gasteiger charge is 2.19. The van der Waals surface area contributed by atoms with E-state index in [0.29, 0.717) is 19.3 Å². The molecule has 1 atom stereocenters. The molecule has 0 N–H and O–H groups in total. The average Bonchev–Trinajstić information content (AvgIpc) is 3.36. The van der Waals surface area contributed by atoms with Crippen LogP contribution in [0.15, 0.2) is 72.9 Å². The van der Waals surface area contributed by atoms with Gasteiger partial charge in [0.2, 0.25) is 0 Å². The highest BCUT2D eigenvalue weighted by Crippen LogP contribution is 2.16. The topological polar surface area (TPSA) is 78.9 Å². The Morgan fingerprint density at radius 2 is 0.586 bits per heavy atom. The van der Waals surface area contributed by atoms with Gasteiger partial charge in [-0.05, 0) is 103 Å². The van der Waals surface area contributed by atoms with Gasteiger partial charge >= 0.3 is 17.9 Å². The molecule has 0 aliphatic carbocycles. The highest BCUT2D eigenvalue weighted by molar-refractivity contribution is 5.71. The Morgan fingerprint density at radius 3 is 0.943 bits per heavy atom. The molecule has 0 saturated heterocycles. The normalized spacial score (nSPS) is 12.6. The van der Waals surface area contributed by atoms with Crippen molar-refractivity contribution in [3.63, 3.8) is 0 Å². The average molecular weight is 978 g/mol. The zero-order chi connectivity index (χ0) is 50.7. The lowest BCUT2D eigenvalue weighted by Gasteiger charge is -2.18. The summed E-state index contributed by atoms with van der Waals surface area (Å²) in [5, 5.41) is 0. The monoisotopic (exact) mass is 977 g/mol. The van der Waals surface area contributed by atoms with Gasteiger partial charge in [0.05, 0.1) is 0 Å². The number of hydrogen-bond acceptors (Lipinski definition) is 6. The minimum Gasteiger partial charge on any atom is -0.462 e. The molecule has 0 fully saturated rings. The zero-order valence-corrected chi connectivity index (χ0v) is 46.3. The molecular weight excluding hydrogens is 865 g/mol. The van der Waals surface area contributed by atoms with Crippen molar-refractivity contribution in [1.82, 2.24) is 0 Å². The Bertz CT molecular complexity index is 1310. The van der Waals surface area contributed by atoms with Crippen LogP contribution in [0.1, 0.15) is 297 Å². The van der Waals surface area contributed by atoms with Gasteiger partial charge in [0.25, 0.3) is 0 Å². The van der Waals surface area contributed by atoms with Crippen molar-refractivity contribution in [3.8, 4) is 0 Å². The number of unbranched alkanes of at least 4 members (excludes halogenated alkanes) is 31. The molecule has 1 unspecified atom stereocenters. The summed E-state index contributed by atoms with van der Waals surface area (Å²) in [5.74, 6) is -0.901. The first-order valence-electron chi connectivity index (χ1n) is 29.9. The van der Waals surface area contributed by atoms with Gasteiger partial charge in [-0.3, -0.25) is 14.4 Å². The summed E-state index contributed by atoms with van der Waals surface area (Å²) in [7, 11) is 0. The second-order valence-corrected chi connectivity index (χ2v) is 19.9. The number of esters is 3. The predicted molar refractivity (Wildman–Crippen MR) is 302 cm³/mol. The molecule has 0 heterocycles. The van der Waals surface area contributed by atoms with E-state index in [1.54, 1.807) is 0 Å². The van der Waals surface area contributed by atoms with E-state index in [1.165, 1.54) is 148 Å². The van der Waals surface area contributed by atoms with Gasteiger partial charge in [0.15, 0.2) is 6.10 Å². The van der Waals surface area contributed by atoms with Gasteiger partial charge in [-0.2, -0.15) is 0 Å². The summed E-state index contributed by atoms with van der Waals surface area (Å²) in [6, 6.07) is 0. The summed E-state index contributed by atoms with van der Waals surface area (Å²) in [5.41, 5.74) is 0. The third-order valence-electron chi connectivity index (χ3n) is 12.9. The lowest BCUT2D eigenvalue weighted by molar-refractivity contribution is -0.167. The number of carbonyl (C=O) groups excluding carboxylic acids is 3. The summed E-state index contributed by atoms with van der Waals surface area (Å²) in [6.07, 6.45) is 74.8. The van der Waals surface area contributed by atoms with Gasteiger partial charge in [-0.15, -0.1) is 0 Å². The minimum atomic E-state index is -0.786. The Hall–Kier alpha value is -3.15. The molecule has 0 rings (SSSR count). The van der Waals surface area contributed by atoms with Gasteiger partial charge in [-0.1, -0.05) is 248 Å². The molecule has 0 radical (unpaired) electrons. The Balaban J connectivity index is 4.28. The van der Waals surface area contributed by atoms with Crippen molar-refractivity contribution in [2.75, 3.05) is 13.2 Å². The van der Waals surface area contributed by atoms with E-state index in [0.717, 1.165) is 109 Å². The van der Waals surface area contributed by atoms with E-state index in [-0.39, 0.29) is 31.1 Å². The molecule has 0 aromatic rings. The van der Waals surface area contributed by atoms with Gasteiger partial charge in [-0.25, -0.2) is 0 Å². The van der Waals surface area contributed by atoms with Crippen LogP contribution in [0.5, 0.6) is 0 Å². The molecule has 0 aliphatic rings. The fraction of sp³-hybridized carbons (Fsp3) is 0.766. The van der Waals surface area contributed by atoms with Crippen molar-refractivity contribution < 1.29 is 28.6 Å². The first-order valence-corrected chi connectivity index (χ1v) is 29.9. The standard InChI is InChI=1S/C64H112O6/c1-4-7-10-13-16-19-22-24-26-28-30-31-32-33-35-36-38-40-42-45-48-51-54-57-63(66)69-60-61(59-68-62(65)56-53-50-47-44-21-18-15-12-9-6-3)70-64(67)58-55-52-49-46-43-41-39-37-34-29-27-25-23-20-17-14-11-8-5-2/h8,11-12,15,17,20,25,27-28,30,34,37,61H,4-7,9-10,13-14,16,18-19,21-24,26,29,31-33,35-36,38-60H2,1-3H3/b11-8-,15-12-,20-17-,27-25-,30-28-,37-34-. The maximum Gasteiger partial charge on any atom is 0.306 e. The van der Waals surface area contributed by atoms with Crippen LogP contribution in [0.3, 0.4) is 0 Å². The van der Waals surface area contributed by atoms with E-state index in [4.69, 9.17) is 14.2 Å². The molecule has 0 amide bonds. The van der Waals surface area contributed by atoms with E-state index in [1.807, 2.05) is 0 Å². The predicted octanol–water partition coefficient (Wildman–Crippen LogP) is 20.2. The highest BCUT2D eigenvalue weighted by atomic mass is 16.6. The maximum absolute atomic E-state index is 12.9. The minimum absolute atomic E-state index is 0.0834. The van der Waals surface area contributed by atoms with E-state index >= 15 is 0 Å². The fourth-order valence-corrected chi connectivity index (χ4v) is 8.43. The molecule has 70 heavy (non-hydrogen) atoms. The maximum atomic E-state index is 12.9. The van der Waals surface area contributed by atoms with Crippen molar-refractivity contribution in [1.29, 1.82) is 0 Å². The second kappa shape index (κ2) is 58.4. The van der Waals surface area contributed by atoms with Crippen molar-refractivity contribution in [2.24, 2.45) is 0 Å². The van der Waals surface area contributed by atoms with E-state index in [9.17, 15) is 14.4 Å². The van der Waals surface area contributed by atoms with Crippen molar-refractivity contribution in [2.45, 2.75) is 303 Å². The molecule has 0 saturated carbocycles. The Labute approximate surface area is 433 Å². The van der Waals surface area contributed by atoms with Crippen LogP contribution < -0.4 is 0 Å². The van der Waals surface area contributed by atoms with Crippen LogP contribution in [0.4, 0.5) is 0 Å². The van der Waals surface area contributed by atoms with Crippen molar-refractivity contribution >= 4 is 17.9 Å². The SMILES string of the molecule is CC/C=C\C/C=C\C/C=C\C/C=C\CCCCCCCCC(=O)OC(COC(=O)CCCCCCC/C=C\CCC)COC(=O)CCCCCCCCCCCCC/C=C\CCCCCCCCCC. The lowest BCUT2D eigenvalue weighted by atomic mass is 10.0. The third-order valence-corrected chi connectivity index (χ3v) is 12.9. The van der Waals surface area contributed by atoms with Crippen LogP contribution in [-0.4, -0.2) is 37.2 Å². The number of rotatable bonds is 54. The summed E-state index contributed by atoms with van der Waals surface area (Å²) in [4.78, 5) is 38.1. The Kier molecular flexibility index (Phi) is 55.8. The largest absolute Gasteiger partial charge is 0.462 e. The summed E-state index contributed by atoms with van der Waals surface area (Å²) >= 11 is 0. The second-order valence-electron chi connectivity index (χ2n) is 19.9. The van der Waals surface area contributed by atoms with Gasteiger partial charge in [0, 0.05) is 19.3 Å². The molecule has 0 aromatic carbocycles. The number of hydrogen-bond donors (Lipinski definition) is 0. The molecule has 0 aliphatic heterocycles. The van der Waals surface area contributed by atoms with Gasteiger partial charge in [0.1, 0.15) is 13.2 Å². The number of allylic oxidation sites excluding steroid dienone is 12. The summed E-state index contributed by atoms with van der Waals surface area (Å²) in [6.45, 7) is 6.47. The van der Waals surface area contributed by atoms with Crippen LogP contribution in [0, 0.1) is 0 Å². The van der Waals surface area contributed by atoms with Gasteiger partial charge < -0.3 is 14.2 Å². The van der Waals surface area contributed by atoms with Crippen LogP contribution in [0.2, 0.25) is 0 Å². The molecule has 0 bridgehead atoms. The van der Waals surface area contributed by atoms with Crippen LogP contribution in [0.25, 0.3) is 0 Å². The molecule has 0 aromatic heterocycles. The molecule has 404 valence electrons. The molecular formula is C64H112O6. The number of ether oxygens (including phenoxy) is 3. The number of carbonyl (C=O) groups is 3. The van der Waals surface area contributed by atoms with Crippen molar-refractivity contribution in [3.05, 3.63) is 72.9 Å². The van der Waals surface area contributed by atoms with Crippen LogP contribution >= 0.6 is 0 Å². The van der Waals surface area contributed by atoms with Crippen LogP contribution in [-0.2, 0) is 28.6 Å². The fourth-order valence-electron chi connectivity index (χ4n) is 8.43. The lowest BCUT2D eigenvalue weighted by Crippen LogP contribution is -2.30. The first kappa shape index (κ1) is 66.9. The smallest absolute Gasteiger partial charge is 0.306 e. The zero-order valence-electron chi connectivity index (χ0n) is 46.3. The third kappa shape index (κ3) is 55.8. The molecule has 6 heteroatoms. The molecule has 6 nitrogen and oxygen atoms in total. The summed E-state index contributed by atoms with van der Waals surface area (Å²) < 4.78 is 16.8. The van der Waals surface area contributed by atoms with E-state index < -0.39 is 6.10 Å². The first-order chi connectivity index (χ1) is 34.5. The van der Waals surface area contributed by atoms with E-state index in [2.05, 4.69) is 93.7 Å². The molecule has 0 spiro atoms. The quantitative estimate of drug-likeness (QED) is 0.0261. The Morgan fingerprint density at radius 1 is 0.300 bits per heavy atom.